The second kappa shape index (κ2) is 11.0. The number of amides is 1. The van der Waals surface area contributed by atoms with Crippen LogP contribution < -0.4 is 4.90 Å². The summed E-state index contributed by atoms with van der Waals surface area (Å²) in [4.78, 5) is 22.9. The molecular formula is C24H29ClN4O4S3. The highest BCUT2D eigenvalue weighted by Gasteiger charge is 2.42. The van der Waals surface area contributed by atoms with Gasteiger partial charge in [-0.2, -0.15) is 4.31 Å². The molecule has 1 unspecified atom stereocenters. The molecule has 12 heteroatoms. The van der Waals surface area contributed by atoms with Gasteiger partial charge in [0.2, 0.25) is 5.91 Å². The highest BCUT2D eigenvalue weighted by atomic mass is 35.5. The van der Waals surface area contributed by atoms with Gasteiger partial charge in [0, 0.05) is 37.7 Å². The molecule has 194 valence electrons. The van der Waals surface area contributed by atoms with Gasteiger partial charge >= 0.3 is 0 Å². The summed E-state index contributed by atoms with van der Waals surface area (Å²) in [5.74, 6) is -0.211. The van der Waals surface area contributed by atoms with Gasteiger partial charge in [0.25, 0.3) is 10.0 Å². The summed E-state index contributed by atoms with van der Waals surface area (Å²) in [5.41, 5.74) is 1.66. The first kappa shape index (κ1) is 26.0. The summed E-state index contributed by atoms with van der Waals surface area (Å²) in [6.45, 7) is 6.76. The van der Waals surface area contributed by atoms with Crippen LogP contribution in [0.5, 0.6) is 0 Å². The van der Waals surface area contributed by atoms with Crippen LogP contribution in [0.3, 0.4) is 0 Å². The Hall–Kier alpha value is -1.60. The maximum atomic E-state index is 14.0. The van der Waals surface area contributed by atoms with E-state index in [1.807, 2.05) is 19.1 Å². The van der Waals surface area contributed by atoms with Crippen molar-refractivity contribution in [3.8, 4) is 0 Å². The van der Waals surface area contributed by atoms with E-state index >= 15 is 0 Å². The Labute approximate surface area is 224 Å². The summed E-state index contributed by atoms with van der Waals surface area (Å²) in [7, 11) is -3.73. The number of hydrogen-bond donors (Lipinski definition) is 0. The number of rotatable bonds is 8. The van der Waals surface area contributed by atoms with Crippen molar-refractivity contribution in [2.45, 2.75) is 36.4 Å². The largest absolute Gasteiger partial charge is 0.379 e. The average molecular weight is 569 g/mol. The van der Waals surface area contributed by atoms with E-state index in [1.165, 1.54) is 27.0 Å². The normalized spacial score (nSPS) is 19.8. The first-order chi connectivity index (χ1) is 17.4. The van der Waals surface area contributed by atoms with E-state index < -0.39 is 16.1 Å². The number of benzene rings is 1. The average Bonchev–Trinajstić information content (AvgIpc) is 3.65. The molecule has 1 amide bonds. The summed E-state index contributed by atoms with van der Waals surface area (Å²) < 4.78 is 34.7. The number of hydrogen-bond acceptors (Lipinski definition) is 8. The SMILES string of the molecule is Cc1c(Cl)ccc2sc(N(CCCN3CCOCC3)C(=O)C3CCCN3S(=O)(=O)c3cccs3)nc12. The number of carbonyl (C=O) groups is 1. The number of aryl methyl sites for hydroxylation is 1. The Bertz CT molecular complexity index is 1320. The number of aromatic nitrogens is 1. The number of ether oxygens (including phenoxy) is 1. The minimum atomic E-state index is -3.73. The van der Waals surface area contributed by atoms with Crippen LogP contribution in [0.15, 0.2) is 33.9 Å². The lowest BCUT2D eigenvalue weighted by Crippen LogP contribution is -2.48. The van der Waals surface area contributed by atoms with Gasteiger partial charge in [0.1, 0.15) is 10.3 Å². The standard InChI is InChI=1S/C24H29ClN4O4S3/c1-17-18(25)7-8-20-22(17)26-24(35-20)28(10-4-9-27-12-14-33-15-13-27)23(30)19-5-2-11-29(19)36(31,32)21-6-3-16-34-21/h3,6-8,16,19H,2,4-5,9-15H2,1H3. The number of fused-ring (bicyclic) bond motifs is 1. The molecular weight excluding hydrogens is 540 g/mol. The van der Waals surface area contributed by atoms with Crippen molar-refractivity contribution in [1.82, 2.24) is 14.2 Å². The van der Waals surface area contributed by atoms with E-state index in [4.69, 9.17) is 21.3 Å². The second-order valence-corrected chi connectivity index (χ2v) is 13.5. The van der Waals surface area contributed by atoms with Gasteiger partial charge < -0.3 is 4.74 Å². The van der Waals surface area contributed by atoms with Crippen molar-refractivity contribution >= 4 is 65.6 Å². The van der Waals surface area contributed by atoms with Crippen molar-refractivity contribution in [3.63, 3.8) is 0 Å². The third-order valence-corrected chi connectivity index (χ3v) is 11.5. The predicted octanol–water partition coefficient (Wildman–Crippen LogP) is 4.23. The van der Waals surface area contributed by atoms with Gasteiger partial charge in [-0.15, -0.1) is 11.3 Å². The summed E-state index contributed by atoms with van der Waals surface area (Å²) >= 11 is 8.95. The van der Waals surface area contributed by atoms with Crippen molar-refractivity contribution in [1.29, 1.82) is 0 Å². The minimum Gasteiger partial charge on any atom is -0.379 e. The predicted molar refractivity (Wildman–Crippen MR) is 145 cm³/mol. The van der Waals surface area contributed by atoms with Crippen LogP contribution in [0.1, 0.15) is 24.8 Å². The maximum Gasteiger partial charge on any atom is 0.253 e. The molecule has 36 heavy (non-hydrogen) atoms. The van der Waals surface area contributed by atoms with E-state index in [1.54, 1.807) is 22.4 Å². The number of thiazole rings is 1. The molecule has 0 aliphatic carbocycles. The molecule has 8 nitrogen and oxygen atoms in total. The zero-order valence-corrected chi connectivity index (χ0v) is 23.3. The smallest absolute Gasteiger partial charge is 0.253 e. The fourth-order valence-electron chi connectivity index (χ4n) is 4.76. The molecule has 0 radical (unpaired) electrons. The quantitative estimate of drug-likeness (QED) is 0.404. The Morgan fingerprint density at radius 3 is 2.81 bits per heavy atom. The molecule has 5 rings (SSSR count). The van der Waals surface area contributed by atoms with E-state index in [9.17, 15) is 13.2 Å². The molecule has 2 fully saturated rings. The van der Waals surface area contributed by atoms with Crippen molar-refractivity contribution in [2.24, 2.45) is 0 Å². The Balaban J connectivity index is 1.43. The Morgan fingerprint density at radius 1 is 1.25 bits per heavy atom. The molecule has 0 bridgehead atoms. The lowest BCUT2D eigenvalue weighted by atomic mass is 10.2. The number of carbonyl (C=O) groups excluding carboxylic acids is 1. The van der Waals surface area contributed by atoms with Crippen LogP contribution in [-0.2, 0) is 19.6 Å². The van der Waals surface area contributed by atoms with Crippen LogP contribution in [-0.4, -0.2) is 80.5 Å². The van der Waals surface area contributed by atoms with Crippen molar-refractivity contribution in [2.75, 3.05) is 50.8 Å². The zero-order valence-electron chi connectivity index (χ0n) is 20.1. The first-order valence-electron chi connectivity index (χ1n) is 12.1. The number of nitrogens with zero attached hydrogens (tertiary/aromatic N) is 4. The molecule has 3 aromatic rings. The first-order valence-corrected chi connectivity index (χ1v) is 15.6. The summed E-state index contributed by atoms with van der Waals surface area (Å²) in [6, 6.07) is 6.35. The van der Waals surface area contributed by atoms with Crippen LogP contribution in [0.2, 0.25) is 5.02 Å². The maximum absolute atomic E-state index is 14.0. The second-order valence-electron chi connectivity index (χ2n) is 9.02. The van der Waals surface area contributed by atoms with E-state index in [0.29, 0.717) is 36.1 Å². The topological polar surface area (TPSA) is 83.0 Å². The number of sulfonamides is 1. The molecule has 1 atom stereocenters. The number of halogens is 1. The van der Waals surface area contributed by atoms with E-state index in [2.05, 4.69) is 4.90 Å². The van der Waals surface area contributed by atoms with Gasteiger partial charge in [-0.25, -0.2) is 13.4 Å². The lowest BCUT2D eigenvalue weighted by molar-refractivity contribution is -0.121. The molecule has 2 aromatic heterocycles. The number of anilines is 1. The summed E-state index contributed by atoms with van der Waals surface area (Å²) in [5, 5.41) is 2.96. The number of morpholine rings is 1. The molecule has 2 aliphatic rings. The van der Waals surface area contributed by atoms with Gasteiger partial charge in [-0.1, -0.05) is 29.0 Å². The van der Waals surface area contributed by atoms with Crippen molar-refractivity contribution < 1.29 is 17.9 Å². The highest BCUT2D eigenvalue weighted by molar-refractivity contribution is 7.91. The van der Waals surface area contributed by atoms with Crippen LogP contribution in [0.4, 0.5) is 5.13 Å². The van der Waals surface area contributed by atoms with Gasteiger partial charge in [-0.05, 0) is 55.3 Å². The third-order valence-electron chi connectivity index (χ3n) is 6.74. The Morgan fingerprint density at radius 2 is 2.06 bits per heavy atom. The van der Waals surface area contributed by atoms with Gasteiger partial charge in [-0.3, -0.25) is 14.6 Å². The van der Waals surface area contributed by atoms with Crippen molar-refractivity contribution in [3.05, 3.63) is 40.2 Å². The fraction of sp³-hybridized carbons (Fsp3) is 0.500. The van der Waals surface area contributed by atoms with Crippen LogP contribution in [0.25, 0.3) is 10.2 Å². The molecule has 2 aliphatic heterocycles. The monoisotopic (exact) mass is 568 g/mol. The Kier molecular flexibility index (Phi) is 7.97. The molecule has 0 saturated carbocycles. The van der Waals surface area contributed by atoms with E-state index in [-0.39, 0.29) is 10.1 Å². The van der Waals surface area contributed by atoms with Crippen LogP contribution in [0, 0.1) is 6.92 Å². The molecule has 0 N–H and O–H groups in total. The van der Waals surface area contributed by atoms with E-state index in [0.717, 1.165) is 55.0 Å². The fourth-order valence-corrected chi connectivity index (χ4v) is 8.74. The zero-order chi connectivity index (χ0) is 25.3. The molecule has 1 aromatic carbocycles. The minimum absolute atomic E-state index is 0.211. The van der Waals surface area contributed by atoms with Crippen LogP contribution >= 0.6 is 34.3 Å². The van der Waals surface area contributed by atoms with Gasteiger partial charge in [0.15, 0.2) is 5.13 Å². The third kappa shape index (κ3) is 5.20. The molecule has 4 heterocycles. The molecule has 2 saturated heterocycles. The lowest BCUT2D eigenvalue weighted by Gasteiger charge is -2.30. The number of thiophene rings is 1. The highest BCUT2D eigenvalue weighted by Crippen LogP contribution is 2.36. The summed E-state index contributed by atoms with van der Waals surface area (Å²) in [6.07, 6.45) is 1.90. The molecule has 0 spiro atoms. The van der Waals surface area contributed by atoms with Gasteiger partial charge in [0.05, 0.1) is 23.4 Å².